The molecule has 0 amide bonds. The average molecular weight is 389 g/mol. The Morgan fingerprint density at radius 1 is 0.773 bits per heavy atom. The van der Waals surface area contributed by atoms with Gasteiger partial charge in [-0.3, -0.25) is 0 Å². The summed E-state index contributed by atoms with van der Waals surface area (Å²) in [5, 5.41) is 0. The van der Waals surface area contributed by atoms with Crippen LogP contribution in [-0.2, 0) is 20.9 Å². The third kappa shape index (κ3) is 2.69. The second kappa shape index (κ2) is 6.52. The van der Waals surface area contributed by atoms with Crippen molar-refractivity contribution in [3.05, 3.63) is 46.6 Å². The Kier molecular flexibility index (Phi) is 4.62. The van der Waals surface area contributed by atoms with Gasteiger partial charge in [-0.15, -0.1) is 0 Å². The molecule has 4 rings (SSSR count). The Labute approximate surface area is 144 Å². The van der Waals surface area contributed by atoms with Gasteiger partial charge in [-0.1, -0.05) is 0 Å². The summed E-state index contributed by atoms with van der Waals surface area (Å²) >= 11 is -1.45. The molecule has 0 spiro atoms. The third-order valence-electron chi connectivity index (χ3n) is 6.22. The number of rotatable bonds is 3. The van der Waals surface area contributed by atoms with E-state index in [-0.39, 0.29) is 0 Å². The zero-order chi connectivity index (χ0) is 15.1. The fourth-order valence-electron chi connectivity index (χ4n) is 5.19. The van der Waals surface area contributed by atoms with E-state index in [1.54, 1.807) is 11.1 Å². The molecule has 117 valence electrons. The van der Waals surface area contributed by atoms with Gasteiger partial charge in [0.15, 0.2) is 0 Å². The van der Waals surface area contributed by atoms with Crippen LogP contribution in [-0.4, -0.2) is 5.92 Å². The van der Waals surface area contributed by atoms with Crippen molar-refractivity contribution in [3.8, 4) is 0 Å². The van der Waals surface area contributed by atoms with E-state index < -0.39 is 26.8 Å². The van der Waals surface area contributed by atoms with E-state index in [1.807, 2.05) is 11.1 Å². The Balaban J connectivity index is 1.65. The van der Waals surface area contributed by atoms with Crippen LogP contribution in [0, 0.1) is 0 Å². The molecule has 0 saturated heterocycles. The Morgan fingerprint density at radius 3 is 1.68 bits per heavy atom. The van der Waals surface area contributed by atoms with Gasteiger partial charge >= 0.3 is 145 Å². The van der Waals surface area contributed by atoms with E-state index in [0.717, 1.165) is 7.25 Å². The van der Waals surface area contributed by atoms with Gasteiger partial charge in [-0.25, -0.2) is 0 Å². The van der Waals surface area contributed by atoms with Crippen LogP contribution < -0.4 is 0 Å². The van der Waals surface area contributed by atoms with Crippen LogP contribution in [0.3, 0.4) is 0 Å². The van der Waals surface area contributed by atoms with Crippen molar-refractivity contribution < 1.29 is 20.9 Å². The van der Waals surface area contributed by atoms with Crippen LogP contribution in [0.15, 0.2) is 46.6 Å². The fraction of sp³-hybridized carbons (Fsp3) is 0.600. The first-order valence-electron chi connectivity index (χ1n) is 9.42. The van der Waals surface area contributed by atoms with E-state index in [9.17, 15) is 0 Å². The van der Waals surface area contributed by atoms with E-state index in [1.165, 1.54) is 51.4 Å². The molecule has 0 aromatic heterocycles. The van der Waals surface area contributed by atoms with Crippen molar-refractivity contribution in [2.24, 2.45) is 0 Å². The molecule has 0 radical (unpaired) electrons. The van der Waals surface area contributed by atoms with Crippen LogP contribution >= 0.6 is 0 Å². The third-order valence-corrected chi connectivity index (χ3v) is 27.8. The molecule has 4 aliphatic rings. The van der Waals surface area contributed by atoms with Crippen molar-refractivity contribution in [1.29, 1.82) is 0 Å². The summed E-state index contributed by atoms with van der Waals surface area (Å²) in [5.41, 5.74) is 7.40. The number of hydrogen-bond acceptors (Lipinski definition) is 0. The Hall–Kier alpha value is 0.0600. The summed E-state index contributed by atoms with van der Waals surface area (Å²) in [6.07, 6.45) is 21.9. The summed E-state index contributed by atoms with van der Waals surface area (Å²) in [6, 6.07) is 0. The molecule has 0 N–H and O–H groups in total. The molecule has 22 heavy (non-hydrogen) atoms. The predicted octanol–water partition coefficient (Wildman–Crippen LogP) is 6.05. The number of hydrogen-bond donors (Lipinski definition) is 0. The first-order chi connectivity index (χ1) is 10.8. The molecule has 0 aromatic carbocycles. The van der Waals surface area contributed by atoms with Crippen LogP contribution in [0.2, 0.25) is 20.3 Å². The molecule has 0 aromatic rings. The molecule has 0 aliphatic heterocycles. The van der Waals surface area contributed by atoms with Crippen LogP contribution in [0.4, 0.5) is 0 Å². The van der Waals surface area contributed by atoms with Gasteiger partial charge in [0.1, 0.15) is 0 Å². The van der Waals surface area contributed by atoms with E-state index in [4.69, 9.17) is 0 Å². The second-order valence-corrected chi connectivity index (χ2v) is 28.1. The van der Waals surface area contributed by atoms with E-state index in [0.29, 0.717) is 0 Å². The molecule has 0 heterocycles. The van der Waals surface area contributed by atoms with Gasteiger partial charge in [-0.05, 0) is 0 Å². The summed E-state index contributed by atoms with van der Waals surface area (Å²) in [7, 11) is 0. The summed E-state index contributed by atoms with van der Waals surface area (Å²) in [4.78, 5) is 0. The van der Waals surface area contributed by atoms with Gasteiger partial charge < -0.3 is 0 Å². The molecule has 2 heteroatoms. The molecule has 2 unspecified atom stereocenters. The van der Waals surface area contributed by atoms with Gasteiger partial charge in [0.25, 0.3) is 0 Å². The topological polar surface area (TPSA) is 0 Å². The van der Waals surface area contributed by atoms with Crippen molar-refractivity contribution in [2.75, 3.05) is 0 Å². The average Bonchev–Trinajstić information content (AvgIpc) is 3.13. The molecule has 0 saturated carbocycles. The molecule has 0 fully saturated rings. The van der Waals surface area contributed by atoms with Crippen LogP contribution in [0.1, 0.15) is 51.4 Å². The standard InChI is InChI=1S/2C9H11.C2H7Si.Zr/c2*1-2-5-9-7-3-6-8(9)4-1;1-3-2;/h2*3,6-7H,1-2,4-5H2;3H,1-2H3;. The monoisotopic (exact) mass is 387 g/mol. The minimum absolute atomic E-state index is 0.499. The first-order valence-corrected chi connectivity index (χ1v) is 19.4. The summed E-state index contributed by atoms with van der Waals surface area (Å²) < 4.78 is 1.96. The quantitative estimate of drug-likeness (QED) is 0.517. The van der Waals surface area contributed by atoms with E-state index >= 15 is 0 Å². The van der Waals surface area contributed by atoms with Crippen LogP contribution in [0.25, 0.3) is 0 Å². The van der Waals surface area contributed by atoms with Gasteiger partial charge in [0.2, 0.25) is 0 Å². The minimum atomic E-state index is -1.45. The van der Waals surface area contributed by atoms with Gasteiger partial charge in [0.05, 0.1) is 0 Å². The summed E-state index contributed by atoms with van der Waals surface area (Å²) in [5.74, 6) is -0.499. The predicted molar refractivity (Wildman–Crippen MR) is 95.6 cm³/mol. The molecule has 2 atom stereocenters. The van der Waals surface area contributed by atoms with Crippen molar-refractivity contribution in [3.63, 3.8) is 0 Å². The number of allylic oxidation sites excluding steroid dienone is 8. The second-order valence-electron chi connectivity index (χ2n) is 7.84. The van der Waals surface area contributed by atoms with Crippen molar-refractivity contribution in [1.82, 2.24) is 0 Å². The summed E-state index contributed by atoms with van der Waals surface area (Å²) in [6.45, 7) is 5.36. The van der Waals surface area contributed by atoms with Gasteiger partial charge in [0, 0.05) is 0 Å². The normalized spacial score (nSPS) is 30.3. The SMILES string of the molecule is C[SiH](C)[Zr]([CH]1C=CC2=C1CCCC2)[CH]1C=CC2=C1CCCC2. The molecule has 0 bridgehead atoms. The van der Waals surface area contributed by atoms with Crippen molar-refractivity contribution >= 4 is 5.92 Å². The van der Waals surface area contributed by atoms with Crippen molar-refractivity contribution in [2.45, 2.75) is 71.7 Å². The zero-order valence-corrected chi connectivity index (χ0v) is 17.8. The molecular weight excluding hydrogens is 360 g/mol. The molecular formula is C20H29SiZr. The van der Waals surface area contributed by atoms with E-state index in [2.05, 4.69) is 37.4 Å². The Bertz CT molecular complexity index is 531. The fourth-order valence-corrected chi connectivity index (χ4v) is 27.0. The van der Waals surface area contributed by atoms with Crippen LogP contribution in [0.5, 0.6) is 0 Å². The first kappa shape index (κ1) is 15.6. The molecule has 4 aliphatic carbocycles. The Morgan fingerprint density at radius 2 is 1.23 bits per heavy atom. The maximum absolute atomic E-state index is 2.69. The maximum atomic E-state index is 2.69. The molecule has 0 nitrogen and oxygen atoms in total. The van der Waals surface area contributed by atoms with Gasteiger partial charge in [-0.2, -0.15) is 0 Å². The zero-order valence-electron chi connectivity index (χ0n) is 14.2.